The van der Waals surface area contributed by atoms with Crippen molar-refractivity contribution in [2.45, 2.75) is 4.43 Å². The van der Waals surface area contributed by atoms with E-state index in [1.165, 1.54) is 12.1 Å². The summed E-state index contributed by atoms with van der Waals surface area (Å²) in [5.74, 6) is -0.524. The molecule has 0 fully saturated rings. The number of fused-ring (bicyclic) bond motifs is 1. The number of hydrogen-bond acceptors (Lipinski definition) is 5. The van der Waals surface area contributed by atoms with E-state index in [0.717, 1.165) is 5.56 Å². The number of carbonyl (C=O) groups is 1. The van der Waals surface area contributed by atoms with Gasteiger partial charge in [0.15, 0.2) is 5.96 Å². The summed E-state index contributed by atoms with van der Waals surface area (Å²) in [5, 5.41) is 2.78. The number of nitrogens with zero attached hydrogens (tertiary/aromatic N) is 2. The zero-order valence-electron chi connectivity index (χ0n) is 13.4. The molecule has 0 spiro atoms. The number of nitrogens with two attached hydrogens (primary N) is 2. The Morgan fingerprint density at radius 1 is 1.23 bits per heavy atom. The number of halogens is 1. The molecule has 8 nitrogen and oxygen atoms in total. The van der Waals surface area contributed by atoms with E-state index in [1.54, 1.807) is 18.2 Å². The van der Waals surface area contributed by atoms with Crippen LogP contribution in [0.4, 0.5) is 11.7 Å². The SMILES string of the molecule is NC(N)=Nc1ccc2c(=O)oc(NC(=O)c3ccccc3CI)nc2c1. The molecule has 1 heterocycles. The third-order valence-electron chi connectivity index (χ3n) is 3.50. The molecule has 0 aliphatic rings. The van der Waals surface area contributed by atoms with Crippen LogP contribution in [0, 0.1) is 0 Å². The van der Waals surface area contributed by atoms with Gasteiger partial charge in [-0.15, -0.1) is 0 Å². The van der Waals surface area contributed by atoms with Crippen molar-refractivity contribution in [3.63, 3.8) is 0 Å². The van der Waals surface area contributed by atoms with Gasteiger partial charge in [0.05, 0.1) is 16.6 Å². The van der Waals surface area contributed by atoms with Crippen LogP contribution in [0.2, 0.25) is 0 Å². The Kier molecular flexibility index (Phi) is 5.16. The maximum atomic E-state index is 12.5. The summed E-state index contributed by atoms with van der Waals surface area (Å²) >= 11 is 2.17. The minimum absolute atomic E-state index is 0.115. The predicted molar refractivity (Wildman–Crippen MR) is 108 cm³/mol. The van der Waals surface area contributed by atoms with Crippen LogP contribution in [0.1, 0.15) is 15.9 Å². The molecule has 9 heteroatoms. The van der Waals surface area contributed by atoms with Crippen molar-refractivity contribution in [2.75, 3.05) is 5.32 Å². The Balaban J connectivity index is 1.98. The van der Waals surface area contributed by atoms with Crippen LogP contribution in [-0.2, 0) is 4.43 Å². The van der Waals surface area contributed by atoms with Crippen molar-refractivity contribution >= 4 is 57.1 Å². The van der Waals surface area contributed by atoms with E-state index in [1.807, 2.05) is 12.1 Å². The van der Waals surface area contributed by atoms with E-state index in [0.29, 0.717) is 21.2 Å². The van der Waals surface area contributed by atoms with E-state index in [4.69, 9.17) is 15.9 Å². The number of anilines is 1. The predicted octanol–water partition coefficient (Wildman–Crippen LogP) is 2.28. The lowest BCUT2D eigenvalue weighted by Crippen LogP contribution is -2.21. The number of hydrogen-bond donors (Lipinski definition) is 3. The second-order valence-corrected chi connectivity index (χ2v) is 6.05. The van der Waals surface area contributed by atoms with Gasteiger partial charge in [0, 0.05) is 9.99 Å². The van der Waals surface area contributed by atoms with E-state index in [9.17, 15) is 9.59 Å². The third kappa shape index (κ3) is 3.82. The number of aliphatic imine (C=N–C) groups is 1. The average molecular weight is 463 g/mol. The minimum atomic E-state index is -0.622. The quantitative estimate of drug-likeness (QED) is 0.235. The number of nitrogens with one attached hydrogen (secondary N) is 1. The lowest BCUT2D eigenvalue weighted by Gasteiger charge is -2.07. The number of alkyl halides is 1. The van der Waals surface area contributed by atoms with Gasteiger partial charge >= 0.3 is 11.6 Å². The summed E-state index contributed by atoms with van der Waals surface area (Å²) in [6, 6.07) is 11.6. The topological polar surface area (TPSA) is 137 Å². The molecule has 0 radical (unpaired) electrons. The molecule has 1 aromatic heterocycles. The van der Waals surface area contributed by atoms with Crippen molar-refractivity contribution < 1.29 is 9.21 Å². The molecule has 1 amide bonds. The summed E-state index contributed by atoms with van der Waals surface area (Å²) in [4.78, 5) is 32.7. The third-order valence-corrected chi connectivity index (χ3v) is 4.32. The van der Waals surface area contributed by atoms with Crippen LogP contribution < -0.4 is 22.4 Å². The normalized spacial score (nSPS) is 10.5. The first-order valence-electron chi connectivity index (χ1n) is 7.47. The van der Waals surface area contributed by atoms with Crippen LogP contribution in [0.5, 0.6) is 0 Å². The molecule has 3 rings (SSSR count). The Bertz CT molecular complexity index is 1070. The molecule has 0 unspecified atom stereocenters. The highest BCUT2D eigenvalue weighted by Crippen LogP contribution is 2.20. The van der Waals surface area contributed by atoms with Gasteiger partial charge in [0.25, 0.3) is 5.91 Å². The molecule has 0 saturated carbocycles. The molecular weight excluding hydrogens is 449 g/mol. The maximum Gasteiger partial charge on any atom is 0.348 e. The van der Waals surface area contributed by atoms with Crippen LogP contribution in [0.3, 0.4) is 0 Å². The molecule has 26 heavy (non-hydrogen) atoms. The number of amides is 1. The fraction of sp³-hybridized carbons (Fsp3) is 0.0588. The molecule has 0 saturated heterocycles. The molecule has 0 aliphatic carbocycles. The van der Waals surface area contributed by atoms with Crippen LogP contribution >= 0.6 is 22.6 Å². The fourth-order valence-electron chi connectivity index (χ4n) is 2.36. The van der Waals surface area contributed by atoms with Gasteiger partial charge in [-0.05, 0) is 29.8 Å². The van der Waals surface area contributed by atoms with Gasteiger partial charge in [-0.3, -0.25) is 10.1 Å². The minimum Gasteiger partial charge on any atom is -0.388 e. The Hall–Kier alpha value is -2.95. The van der Waals surface area contributed by atoms with Gasteiger partial charge in [-0.25, -0.2) is 9.79 Å². The van der Waals surface area contributed by atoms with Crippen molar-refractivity contribution in [3.05, 3.63) is 64.0 Å². The highest BCUT2D eigenvalue weighted by molar-refractivity contribution is 14.1. The van der Waals surface area contributed by atoms with Gasteiger partial charge in [0.2, 0.25) is 0 Å². The molecular formula is C17H14IN5O3. The van der Waals surface area contributed by atoms with Crippen LogP contribution in [0.25, 0.3) is 10.9 Å². The van der Waals surface area contributed by atoms with Gasteiger partial charge in [-0.1, -0.05) is 40.8 Å². The maximum absolute atomic E-state index is 12.5. The molecule has 0 bridgehead atoms. The Morgan fingerprint density at radius 2 is 2.00 bits per heavy atom. The van der Waals surface area contributed by atoms with Crippen LogP contribution in [-0.4, -0.2) is 16.9 Å². The summed E-state index contributed by atoms with van der Waals surface area (Å²) in [5.41, 5.74) is 12.2. The standard InChI is InChI=1S/C17H14IN5O3/c18-8-9-3-1-2-4-11(9)14(24)23-17-22-13-7-10(21-16(19)20)5-6-12(13)15(25)26-17/h1-7H,8H2,(H4,19,20,21)(H,22,23,24). The highest BCUT2D eigenvalue weighted by Gasteiger charge is 2.14. The van der Waals surface area contributed by atoms with E-state index in [2.05, 4.69) is 37.9 Å². The zero-order chi connectivity index (χ0) is 18.7. The molecule has 0 aliphatic heterocycles. The lowest BCUT2D eigenvalue weighted by molar-refractivity contribution is 0.102. The molecule has 2 aromatic carbocycles. The van der Waals surface area contributed by atoms with Gasteiger partial charge in [0.1, 0.15) is 0 Å². The molecule has 132 valence electrons. The van der Waals surface area contributed by atoms with Crippen molar-refractivity contribution in [3.8, 4) is 0 Å². The number of aromatic nitrogens is 1. The molecule has 0 atom stereocenters. The monoisotopic (exact) mass is 463 g/mol. The first-order valence-corrected chi connectivity index (χ1v) is 9.00. The summed E-state index contributed by atoms with van der Waals surface area (Å²) < 4.78 is 5.76. The second-order valence-electron chi connectivity index (χ2n) is 5.29. The van der Waals surface area contributed by atoms with Crippen molar-refractivity contribution in [1.29, 1.82) is 0 Å². The first-order chi connectivity index (χ1) is 12.5. The first kappa shape index (κ1) is 17.9. The van der Waals surface area contributed by atoms with Gasteiger partial charge in [-0.2, -0.15) is 4.98 Å². The zero-order valence-corrected chi connectivity index (χ0v) is 15.6. The summed E-state index contributed by atoms with van der Waals surface area (Å²) in [6.45, 7) is 0. The molecule has 5 N–H and O–H groups in total. The number of rotatable bonds is 4. The lowest BCUT2D eigenvalue weighted by atomic mass is 10.1. The largest absolute Gasteiger partial charge is 0.388 e. The fourth-order valence-corrected chi connectivity index (χ4v) is 3.02. The van der Waals surface area contributed by atoms with Crippen LogP contribution in [0.15, 0.2) is 56.7 Å². The smallest absolute Gasteiger partial charge is 0.348 e. The number of benzene rings is 2. The Labute approximate surface area is 161 Å². The Morgan fingerprint density at radius 3 is 2.73 bits per heavy atom. The van der Waals surface area contributed by atoms with Crippen molar-refractivity contribution in [1.82, 2.24) is 4.98 Å². The summed E-state index contributed by atoms with van der Waals surface area (Å²) in [6.07, 6.45) is 0. The molecule has 3 aromatic rings. The highest BCUT2D eigenvalue weighted by atomic mass is 127. The van der Waals surface area contributed by atoms with E-state index in [-0.39, 0.29) is 17.4 Å². The second kappa shape index (κ2) is 7.52. The number of guanidine groups is 1. The van der Waals surface area contributed by atoms with E-state index < -0.39 is 11.5 Å². The number of carbonyl (C=O) groups excluding carboxylic acids is 1. The van der Waals surface area contributed by atoms with Gasteiger partial charge < -0.3 is 15.9 Å². The summed E-state index contributed by atoms with van der Waals surface area (Å²) in [7, 11) is 0. The average Bonchev–Trinajstić information content (AvgIpc) is 2.60. The van der Waals surface area contributed by atoms with E-state index >= 15 is 0 Å². The van der Waals surface area contributed by atoms with Crippen molar-refractivity contribution in [2.24, 2.45) is 16.5 Å².